The number of ether oxygens (including phenoxy) is 1. The SMILES string of the molecule is Cc1ccnc2c1[nH]c(=S)n2C(C)C1CCOCC1. The molecule has 2 aromatic heterocycles. The van der Waals surface area contributed by atoms with Crippen molar-refractivity contribution in [1.29, 1.82) is 0 Å². The van der Waals surface area contributed by atoms with Crippen molar-refractivity contribution in [2.24, 2.45) is 5.92 Å². The standard InChI is InChI=1S/C14H19N3OS/c1-9-3-6-15-13-12(9)16-14(19)17(13)10(2)11-4-7-18-8-5-11/h3,6,10-11H,4-5,7-8H2,1-2H3,(H,16,19). The second kappa shape index (κ2) is 5.06. The van der Waals surface area contributed by atoms with Gasteiger partial charge < -0.3 is 9.72 Å². The summed E-state index contributed by atoms with van der Waals surface area (Å²) in [6, 6.07) is 2.37. The van der Waals surface area contributed by atoms with Crippen LogP contribution in [0.3, 0.4) is 0 Å². The summed E-state index contributed by atoms with van der Waals surface area (Å²) in [4.78, 5) is 7.81. The number of aromatic amines is 1. The third-order valence-corrected chi connectivity index (χ3v) is 4.47. The van der Waals surface area contributed by atoms with E-state index in [2.05, 4.69) is 28.4 Å². The van der Waals surface area contributed by atoms with E-state index in [1.54, 1.807) is 0 Å². The first-order chi connectivity index (χ1) is 9.18. The minimum absolute atomic E-state index is 0.361. The molecule has 5 heteroatoms. The molecule has 19 heavy (non-hydrogen) atoms. The molecule has 1 aliphatic rings. The summed E-state index contributed by atoms with van der Waals surface area (Å²) < 4.78 is 8.39. The first-order valence-electron chi connectivity index (χ1n) is 6.82. The van der Waals surface area contributed by atoms with Gasteiger partial charge in [0.25, 0.3) is 0 Å². The van der Waals surface area contributed by atoms with Crippen molar-refractivity contribution in [3.8, 4) is 0 Å². The van der Waals surface area contributed by atoms with E-state index in [1.807, 2.05) is 12.3 Å². The smallest absolute Gasteiger partial charge is 0.179 e. The number of aromatic nitrogens is 3. The van der Waals surface area contributed by atoms with E-state index in [4.69, 9.17) is 17.0 Å². The van der Waals surface area contributed by atoms with E-state index in [-0.39, 0.29) is 0 Å². The molecule has 3 heterocycles. The van der Waals surface area contributed by atoms with Crippen molar-refractivity contribution in [3.63, 3.8) is 0 Å². The van der Waals surface area contributed by atoms with Crippen LogP contribution in [0, 0.1) is 17.6 Å². The Bertz CT molecular complexity index is 640. The largest absolute Gasteiger partial charge is 0.381 e. The topological polar surface area (TPSA) is 42.8 Å². The highest BCUT2D eigenvalue weighted by molar-refractivity contribution is 7.71. The first-order valence-corrected chi connectivity index (χ1v) is 7.23. The summed E-state index contributed by atoms with van der Waals surface area (Å²) in [6.45, 7) is 6.04. The number of imidazole rings is 1. The van der Waals surface area contributed by atoms with E-state index in [0.717, 1.165) is 42.0 Å². The molecule has 0 radical (unpaired) electrons. The zero-order valence-corrected chi connectivity index (χ0v) is 12.2. The van der Waals surface area contributed by atoms with Crippen LogP contribution in [0.15, 0.2) is 12.3 Å². The zero-order valence-electron chi connectivity index (χ0n) is 11.3. The fourth-order valence-electron chi connectivity index (χ4n) is 2.93. The van der Waals surface area contributed by atoms with Crippen molar-refractivity contribution in [1.82, 2.24) is 14.5 Å². The Kier molecular flexibility index (Phi) is 3.41. The predicted molar refractivity (Wildman–Crippen MR) is 77.9 cm³/mol. The second-order valence-electron chi connectivity index (χ2n) is 5.32. The quantitative estimate of drug-likeness (QED) is 0.856. The summed E-state index contributed by atoms with van der Waals surface area (Å²) >= 11 is 5.49. The molecular formula is C14H19N3OS. The van der Waals surface area contributed by atoms with Gasteiger partial charge in [-0.25, -0.2) is 4.98 Å². The highest BCUT2D eigenvalue weighted by Crippen LogP contribution is 2.30. The third-order valence-electron chi connectivity index (χ3n) is 4.17. The van der Waals surface area contributed by atoms with Gasteiger partial charge in [0.05, 0.1) is 5.52 Å². The van der Waals surface area contributed by atoms with Crippen LogP contribution in [0.1, 0.15) is 31.4 Å². The Morgan fingerprint density at radius 2 is 2.21 bits per heavy atom. The summed E-state index contributed by atoms with van der Waals surface area (Å²) in [5.41, 5.74) is 3.23. The number of nitrogens with zero attached hydrogens (tertiary/aromatic N) is 2. The maximum Gasteiger partial charge on any atom is 0.179 e. The lowest BCUT2D eigenvalue weighted by molar-refractivity contribution is 0.0516. The Morgan fingerprint density at radius 3 is 2.95 bits per heavy atom. The molecule has 0 spiro atoms. The van der Waals surface area contributed by atoms with E-state index in [0.29, 0.717) is 12.0 Å². The maximum absolute atomic E-state index is 5.49. The van der Waals surface area contributed by atoms with Crippen LogP contribution in [-0.2, 0) is 4.74 Å². The monoisotopic (exact) mass is 277 g/mol. The molecule has 0 bridgehead atoms. The van der Waals surface area contributed by atoms with Crippen LogP contribution in [-0.4, -0.2) is 27.7 Å². The lowest BCUT2D eigenvalue weighted by Crippen LogP contribution is -2.24. The minimum Gasteiger partial charge on any atom is -0.381 e. The van der Waals surface area contributed by atoms with Crippen LogP contribution in [0.5, 0.6) is 0 Å². The Hall–Kier alpha value is -1.20. The highest BCUT2D eigenvalue weighted by atomic mass is 32.1. The summed E-state index contributed by atoms with van der Waals surface area (Å²) in [5, 5.41) is 0. The minimum atomic E-state index is 0.361. The van der Waals surface area contributed by atoms with Crippen molar-refractivity contribution in [2.75, 3.05) is 13.2 Å². The number of rotatable bonds is 2. The van der Waals surface area contributed by atoms with Crippen molar-refractivity contribution >= 4 is 23.4 Å². The lowest BCUT2D eigenvalue weighted by atomic mass is 9.93. The Morgan fingerprint density at radius 1 is 1.47 bits per heavy atom. The average Bonchev–Trinajstić information content (AvgIpc) is 2.77. The molecule has 1 unspecified atom stereocenters. The van der Waals surface area contributed by atoms with Crippen molar-refractivity contribution in [3.05, 3.63) is 22.6 Å². The van der Waals surface area contributed by atoms with Crippen LogP contribution >= 0.6 is 12.2 Å². The molecule has 0 amide bonds. The molecule has 0 aliphatic carbocycles. The van der Waals surface area contributed by atoms with E-state index in [1.165, 1.54) is 5.56 Å². The maximum atomic E-state index is 5.49. The average molecular weight is 277 g/mol. The first kappa shape index (κ1) is 12.8. The van der Waals surface area contributed by atoms with Crippen molar-refractivity contribution in [2.45, 2.75) is 32.7 Å². The fourth-order valence-corrected chi connectivity index (χ4v) is 3.29. The molecule has 1 saturated heterocycles. The van der Waals surface area contributed by atoms with Gasteiger partial charge >= 0.3 is 0 Å². The molecule has 1 N–H and O–H groups in total. The van der Waals surface area contributed by atoms with Gasteiger partial charge in [0.1, 0.15) is 0 Å². The number of hydrogen-bond donors (Lipinski definition) is 1. The Labute approximate surface area is 117 Å². The van der Waals surface area contributed by atoms with Gasteiger partial charge in [0, 0.05) is 25.5 Å². The molecule has 3 rings (SSSR count). The molecule has 1 fully saturated rings. The fraction of sp³-hybridized carbons (Fsp3) is 0.571. The van der Waals surface area contributed by atoms with Gasteiger partial charge in [-0.15, -0.1) is 0 Å². The molecular weight excluding hydrogens is 258 g/mol. The van der Waals surface area contributed by atoms with E-state index in [9.17, 15) is 0 Å². The number of fused-ring (bicyclic) bond motifs is 1. The highest BCUT2D eigenvalue weighted by Gasteiger charge is 2.24. The second-order valence-corrected chi connectivity index (χ2v) is 5.70. The van der Waals surface area contributed by atoms with E-state index < -0.39 is 0 Å². The molecule has 2 aromatic rings. The van der Waals surface area contributed by atoms with E-state index >= 15 is 0 Å². The summed E-state index contributed by atoms with van der Waals surface area (Å²) in [6.07, 6.45) is 4.05. The zero-order chi connectivity index (χ0) is 13.4. The van der Waals surface area contributed by atoms with Crippen LogP contribution in [0.25, 0.3) is 11.2 Å². The number of nitrogens with one attached hydrogen (secondary N) is 1. The van der Waals surface area contributed by atoms with Gasteiger partial charge in [-0.2, -0.15) is 0 Å². The third kappa shape index (κ3) is 2.21. The van der Waals surface area contributed by atoms with Gasteiger partial charge in [-0.1, -0.05) is 0 Å². The number of hydrogen-bond acceptors (Lipinski definition) is 3. The van der Waals surface area contributed by atoms with Gasteiger partial charge in [-0.3, -0.25) is 4.57 Å². The van der Waals surface area contributed by atoms with Gasteiger partial charge in [0.2, 0.25) is 0 Å². The molecule has 0 aromatic carbocycles. The van der Waals surface area contributed by atoms with Crippen LogP contribution in [0.4, 0.5) is 0 Å². The predicted octanol–water partition coefficient (Wildman–Crippen LogP) is 3.39. The van der Waals surface area contributed by atoms with Gasteiger partial charge in [0.15, 0.2) is 10.4 Å². The number of H-pyrrole nitrogens is 1. The number of pyridine rings is 1. The van der Waals surface area contributed by atoms with Crippen LogP contribution in [0.2, 0.25) is 0 Å². The molecule has 102 valence electrons. The Balaban J connectivity index is 2.06. The molecule has 4 nitrogen and oxygen atoms in total. The van der Waals surface area contributed by atoms with Gasteiger partial charge in [-0.05, 0) is 56.5 Å². The molecule has 1 aliphatic heterocycles. The summed E-state index contributed by atoms with van der Waals surface area (Å²) in [7, 11) is 0. The van der Waals surface area contributed by atoms with Crippen molar-refractivity contribution < 1.29 is 4.74 Å². The molecule has 1 atom stereocenters. The molecule has 0 saturated carbocycles. The number of aryl methyl sites for hydroxylation is 1. The lowest BCUT2D eigenvalue weighted by Gasteiger charge is -2.28. The van der Waals surface area contributed by atoms with Crippen LogP contribution < -0.4 is 0 Å². The normalized spacial score (nSPS) is 18.8. The summed E-state index contributed by atoms with van der Waals surface area (Å²) in [5.74, 6) is 0.613.